The van der Waals surface area contributed by atoms with Gasteiger partial charge in [-0.2, -0.15) is 5.26 Å². The summed E-state index contributed by atoms with van der Waals surface area (Å²) in [5.74, 6) is 1.45. The predicted octanol–water partition coefficient (Wildman–Crippen LogP) is 2.51. The van der Waals surface area contributed by atoms with Crippen LogP contribution in [-0.4, -0.2) is 40.9 Å². The Bertz CT molecular complexity index is 955. The SMILES string of the molecule is N#Cc1ccc(CCN2CCC(C3=C4c5cc[nH]c5N=CN4NN3)CC2)cc1. The fourth-order valence-corrected chi connectivity index (χ4v) is 4.27. The van der Waals surface area contributed by atoms with Crippen molar-refractivity contribution in [3.05, 3.63) is 58.9 Å². The second-order valence-electron chi connectivity index (χ2n) is 7.53. The molecule has 28 heavy (non-hydrogen) atoms. The molecule has 7 nitrogen and oxygen atoms in total. The number of H-pyrrole nitrogens is 1. The largest absolute Gasteiger partial charge is 0.346 e. The van der Waals surface area contributed by atoms with E-state index in [0.29, 0.717) is 5.92 Å². The molecule has 2 aromatic rings. The summed E-state index contributed by atoms with van der Waals surface area (Å²) >= 11 is 0. The third-order valence-electron chi connectivity index (χ3n) is 5.89. The molecule has 0 amide bonds. The molecular weight excluding hydrogens is 350 g/mol. The first-order valence-corrected chi connectivity index (χ1v) is 9.80. The maximum Gasteiger partial charge on any atom is 0.141 e. The molecule has 0 atom stereocenters. The summed E-state index contributed by atoms with van der Waals surface area (Å²) in [6.07, 6.45) is 7.08. The molecule has 1 fully saturated rings. The number of nitrogens with one attached hydrogen (secondary N) is 3. The Morgan fingerprint density at radius 3 is 2.75 bits per heavy atom. The molecule has 0 spiro atoms. The number of hydrogen-bond acceptors (Lipinski definition) is 6. The third kappa shape index (κ3) is 3.07. The van der Waals surface area contributed by atoms with Gasteiger partial charge in [-0.25, -0.2) is 10.0 Å². The highest BCUT2D eigenvalue weighted by Gasteiger charge is 2.33. The summed E-state index contributed by atoms with van der Waals surface area (Å²) in [4.78, 5) is 10.2. The highest BCUT2D eigenvalue weighted by Crippen LogP contribution is 2.38. The Morgan fingerprint density at radius 1 is 1.14 bits per heavy atom. The van der Waals surface area contributed by atoms with Gasteiger partial charge in [0.15, 0.2) is 0 Å². The number of nitriles is 1. The fraction of sp³-hybridized carbons (Fsp3) is 0.333. The molecule has 0 radical (unpaired) electrons. The van der Waals surface area contributed by atoms with E-state index in [9.17, 15) is 0 Å². The van der Waals surface area contributed by atoms with Crippen molar-refractivity contribution in [3.8, 4) is 6.07 Å². The number of aromatic nitrogens is 1. The summed E-state index contributed by atoms with van der Waals surface area (Å²) < 4.78 is 0. The van der Waals surface area contributed by atoms with Crippen LogP contribution in [0.25, 0.3) is 5.70 Å². The van der Waals surface area contributed by atoms with Crippen LogP contribution in [0.3, 0.4) is 0 Å². The smallest absolute Gasteiger partial charge is 0.141 e. The number of nitrogens with zero attached hydrogens (tertiary/aromatic N) is 4. The number of likely N-dealkylation sites (tertiary alicyclic amines) is 1. The number of rotatable bonds is 4. The molecule has 0 unspecified atom stereocenters. The Balaban J connectivity index is 1.21. The van der Waals surface area contributed by atoms with Crippen molar-refractivity contribution in [2.75, 3.05) is 19.6 Å². The highest BCUT2D eigenvalue weighted by atomic mass is 15.7. The maximum atomic E-state index is 8.91. The van der Waals surface area contributed by atoms with Gasteiger partial charge in [-0.15, -0.1) is 5.53 Å². The van der Waals surface area contributed by atoms with Gasteiger partial charge in [0.25, 0.3) is 0 Å². The number of hydrazine groups is 2. The zero-order valence-electron chi connectivity index (χ0n) is 15.7. The van der Waals surface area contributed by atoms with E-state index >= 15 is 0 Å². The van der Waals surface area contributed by atoms with E-state index in [1.807, 2.05) is 29.7 Å². The number of benzene rings is 1. The fourth-order valence-electron chi connectivity index (χ4n) is 4.27. The van der Waals surface area contributed by atoms with Crippen LogP contribution in [0.4, 0.5) is 5.82 Å². The van der Waals surface area contributed by atoms with E-state index in [2.05, 4.69) is 50.1 Å². The molecular formula is C21H23N7. The van der Waals surface area contributed by atoms with Crippen molar-refractivity contribution in [2.24, 2.45) is 10.9 Å². The number of hydrogen-bond donors (Lipinski definition) is 3. The highest BCUT2D eigenvalue weighted by molar-refractivity contribution is 5.87. The van der Waals surface area contributed by atoms with Crippen LogP contribution in [0, 0.1) is 17.2 Å². The standard InChI is InChI=1S/C21H23N7/c22-13-16-3-1-15(2-4-16)6-10-27-11-7-17(8-12-27)19-20-18-5-9-23-21(18)24-14-28(20)26-25-19/h1-5,9,14,17,23,25-26H,6-8,10-12H2. The minimum absolute atomic E-state index is 0.521. The molecule has 5 rings (SSSR count). The summed E-state index contributed by atoms with van der Waals surface area (Å²) in [5, 5.41) is 10.9. The molecule has 0 bridgehead atoms. The molecule has 0 saturated carbocycles. The number of piperidine rings is 1. The lowest BCUT2D eigenvalue weighted by Crippen LogP contribution is -2.40. The summed E-state index contributed by atoms with van der Waals surface area (Å²) in [7, 11) is 0. The number of fused-ring (bicyclic) bond motifs is 3. The van der Waals surface area contributed by atoms with E-state index in [1.165, 1.54) is 17.0 Å². The van der Waals surface area contributed by atoms with Gasteiger partial charge in [-0.1, -0.05) is 12.1 Å². The first kappa shape index (κ1) is 17.0. The van der Waals surface area contributed by atoms with Gasteiger partial charge in [0, 0.05) is 24.2 Å². The van der Waals surface area contributed by atoms with Crippen LogP contribution >= 0.6 is 0 Å². The van der Waals surface area contributed by atoms with Crippen LogP contribution < -0.4 is 11.0 Å². The zero-order chi connectivity index (χ0) is 18.9. The zero-order valence-corrected chi connectivity index (χ0v) is 15.7. The van der Waals surface area contributed by atoms with E-state index < -0.39 is 0 Å². The van der Waals surface area contributed by atoms with E-state index in [1.54, 1.807) is 0 Å². The molecule has 1 aromatic heterocycles. The van der Waals surface area contributed by atoms with Crippen LogP contribution in [0.2, 0.25) is 0 Å². The minimum atomic E-state index is 0.521. The molecule has 142 valence electrons. The van der Waals surface area contributed by atoms with Crippen molar-refractivity contribution >= 4 is 17.9 Å². The van der Waals surface area contributed by atoms with Crippen molar-refractivity contribution in [1.82, 2.24) is 25.9 Å². The van der Waals surface area contributed by atoms with Crippen molar-refractivity contribution < 1.29 is 0 Å². The molecule has 3 aliphatic heterocycles. The van der Waals surface area contributed by atoms with Crippen molar-refractivity contribution in [1.29, 1.82) is 5.26 Å². The van der Waals surface area contributed by atoms with E-state index in [0.717, 1.165) is 55.8 Å². The van der Waals surface area contributed by atoms with Gasteiger partial charge in [0.05, 0.1) is 23.0 Å². The minimum Gasteiger partial charge on any atom is -0.346 e. The molecule has 0 aliphatic carbocycles. The lowest BCUT2D eigenvalue weighted by molar-refractivity contribution is 0.197. The lowest BCUT2D eigenvalue weighted by Gasteiger charge is -2.32. The van der Waals surface area contributed by atoms with Gasteiger partial charge in [-0.05, 0) is 56.1 Å². The van der Waals surface area contributed by atoms with Gasteiger partial charge < -0.3 is 15.3 Å². The number of aromatic amines is 1. The maximum absolute atomic E-state index is 8.91. The summed E-state index contributed by atoms with van der Waals surface area (Å²) in [6, 6.07) is 12.2. The first-order valence-electron chi connectivity index (χ1n) is 9.80. The average molecular weight is 373 g/mol. The third-order valence-corrected chi connectivity index (χ3v) is 5.89. The van der Waals surface area contributed by atoms with Crippen LogP contribution in [0.5, 0.6) is 0 Å². The van der Waals surface area contributed by atoms with Crippen LogP contribution in [-0.2, 0) is 6.42 Å². The molecule has 1 saturated heterocycles. The Hall–Kier alpha value is -3.08. The second kappa shape index (κ2) is 7.15. The molecule has 1 aromatic carbocycles. The molecule has 7 heteroatoms. The number of allylic oxidation sites excluding steroid dienone is 1. The molecule has 3 aliphatic rings. The number of aliphatic imine (C=N–C) groups is 1. The average Bonchev–Trinajstić information content (AvgIpc) is 3.39. The van der Waals surface area contributed by atoms with Crippen molar-refractivity contribution in [3.63, 3.8) is 0 Å². The second-order valence-corrected chi connectivity index (χ2v) is 7.53. The monoisotopic (exact) mass is 373 g/mol. The predicted molar refractivity (Wildman–Crippen MR) is 108 cm³/mol. The van der Waals surface area contributed by atoms with E-state index in [-0.39, 0.29) is 0 Å². The van der Waals surface area contributed by atoms with Crippen molar-refractivity contribution in [2.45, 2.75) is 19.3 Å². The normalized spacial score (nSPS) is 19.3. The Morgan fingerprint density at radius 2 is 1.96 bits per heavy atom. The molecule has 4 heterocycles. The van der Waals surface area contributed by atoms with Crippen LogP contribution in [0.1, 0.15) is 29.5 Å². The quantitative estimate of drug-likeness (QED) is 0.767. The van der Waals surface area contributed by atoms with Gasteiger partial charge in [0.2, 0.25) is 0 Å². The summed E-state index contributed by atoms with van der Waals surface area (Å²) in [6.45, 7) is 3.28. The van der Waals surface area contributed by atoms with Gasteiger partial charge >= 0.3 is 0 Å². The summed E-state index contributed by atoms with van der Waals surface area (Å²) in [5.41, 5.74) is 12.2. The first-order chi connectivity index (χ1) is 13.8. The Kier molecular flexibility index (Phi) is 4.35. The van der Waals surface area contributed by atoms with Crippen LogP contribution in [0.15, 0.2) is 47.2 Å². The molecule has 3 N–H and O–H groups in total. The van der Waals surface area contributed by atoms with Gasteiger partial charge in [-0.3, -0.25) is 0 Å². The van der Waals surface area contributed by atoms with Gasteiger partial charge in [0.1, 0.15) is 12.2 Å². The topological polar surface area (TPSA) is 82.5 Å². The lowest BCUT2D eigenvalue weighted by atomic mass is 9.91. The van der Waals surface area contributed by atoms with E-state index in [4.69, 9.17) is 5.26 Å². The Labute approximate surface area is 164 Å².